The van der Waals surface area contributed by atoms with Gasteiger partial charge in [0.1, 0.15) is 0 Å². The first-order valence-electron chi connectivity index (χ1n) is 6.82. The maximum atomic E-state index is 11.5. The zero-order chi connectivity index (χ0) is 14.7. The van der Waals surface area contributed by atoms with Crippen molar-refractivity contribution in [3.05, 3.63) is 28.8 Å². The maximum Gasteiger partial charge on any atom is 0.372 e. The summed E-state index contributed by atoms with van der Waals surface area (Å²) in [6, 6.07) is 5.38. The van der Waals surface area contributed by atoms with Gasteiger partial charge in [-0.1, -0.05) is 24.6 Å². The molecule has 1 aliphatic rings. The third-order valence-electron chi connectivity index (χ3n) is 3.77. The minimum absolute atomic E-state index is 0.578. The highest BCUT2D eigenvalue weighted by Gasteiger charge is 2.23. The Balaban J connectivity index is 2.20. The third kappa shape index (κ3) is 3.12. The van der Waals surface area contributed by atoms with Crippen molar-refractivity contribution >= 4 is 29.0 Å². The fourth-order valence-electron chi connectivity index (χ4n) is 2.52. The molecule has 1 aromatic carbocycles. The molecule has 1 heterocycles. The van der Waals surface area contributed by atoms with Crippen LogP contribution in [0.2, 0.25) is 5.02 Å². The van der Waals surface area contributed by atoms with Crippen molar-refractivity contribution < 1.29 is 14.7 Å². The number of hydrogen-bond donors (Lipinski definition) is 1. The van der Waals surface area contributed by atoms with Gasteiger partial charge in [-0.25, -0.2) is 4.79 Å². The van der Waals surface area contributed by atoms with Gasteiger partial charge in [-0.2, -0.15) is 0 Å². The van der Waals surface area contributed by atoms with E-state index in [4.69, 9.17) is 16.7 Å². The van der Waals surface area contributed by atoms with E-state index in [2.05, 4.69) is 4.90 Å². The summed E-state index contributed by atoms with van der Waals surface area (Å²) in [5.41, 5.74) is 1.60. The second-order valence-electron chi connectivity index (χ2n) is 5.15. The molecule has 1 unspecified atom stereocenters. The van der Waals surface area contributed by atoms with Crippen molar-refractivity contribution in [3.8, 4) is 0 Å². The van der Waals surface area contributed by atoms with E-state index < -0.39 is 17.7 Å². The van der Waals surface area contributed by atoms with E-state index in [0.29, 0.717) is 10.6 Å². The van der Waals surface area contributed by atoms with Gasteiger partial charge in [-0.3, -0.25) is 4.79 Å². The van der Waals surface area contributed by atoms with Crippen molar-refractivity contribution in [2.24, 2.45) is 0 Å². The molecular formula is C15H18ClNO3. The second-order valence-corrected chi connectivity index (χ2v) is 5.56. The van der Waals surface area contributed by atoms with Gasteiger partial charge in [0, 0.05) is 13.1 Å². The van der Waals surface area contributed by atoms with Crippen molar-refractivity contribution in [1.82, 2.24) is 0 Å². The lowest BCUT2D eigenvalue weighted by Gasteiger charge is -2.29. The molecule has 0 amide bonds. The van der Waals surface area contributed by atoms with Crippen LogP contribution in [0, 0.1) is 0 Å². The molecule has 20 heavy (non-hydrogen) atoms. The van der Waals surface area contributed by atoms with E-state index in [-0.39, 0.29) is 0 Å². The van der Waals surface area contributed by atoms with Crippen LogP contribution in [-0.2, 0) is 9.59 Å². The largest absolute Gasteiger partial charge is 0.475 e. The molecule has 1 saturated heterocycles. The Hall–Kier alpha value is -1.55. The monoisotopic (exact) mass is 295 g/mol. The molecule has 0 aromatic heterocycles. The van der Waals surface area contributed by atoms with Gasteiger partial charge in [0.25, 0.3) is 0 Å². The molecule has 1 aliphatic heterocycles. The number of carboxylic acids is 1. The topological polar surface area (TPSA) is 57.6 Å². The summed E-state index contributed by atoms with van der Waals surface area (Å²) in [6.07, 6.45) is 3.56. The van der Waals surface area contributed by atoms with Crippen LogP contribution >= 0.6 is 11.6 Å². The fourth-order valence-corrected chi connectivity index (χ4v) is 2.83. The SMILES string of the molecule is CC(C(=O)C(=O)O)c1ccc(N2CCCCC2)c(Cl)c1. The predicted octanol–water partition coefficient (Wildman–Crippen LogP) is 3.09. The highest BCUT2D eigenvalue weighted by Crippen LogP contribution is 2.31. The number of anilines is 1. The lowest BCUT2D eigenvalue weighted by atomic mass is 9.96. The Morgan fingerprint density at radius 1 is 1.25 bits per heavy atom. The number of hydrogen-bond acceptors (Lipinski definition) is 3. The average molecular weight is 296 g/mol. The number of aliphatic carboxylic acids is 1. The summed E-state index contributed by atoms with van der Waals surface area (Å²) in [4.78, 5) is 24.4. The number of carbonyl (C=O) groups is 2. The van der Waals surface area contributed by atoms with Gasteiger partial charge in [0.2, 0.25) is 5.78 Å². The van der Waals surface area contributed by atoms with Crippen molar-refractivity contribution in [3.63, 3.8) is 0 Å². The van der Waals surface area contributed by atoms with Gasteiger partial charge in [0.15, 0.2) is 0 Å². The van der Waals surface area contributed by atoms with Crippen LogP contribution in [0.4, 0.5) is 5.69 Å². The highest BCUT2D eigenvalue weighted by atomic mass is 35.5. The molecular weight excluding hydrogens is 278 g/mol. The number of piperidine rings is 1. The standard InChI is InChI=1S/C15H18ClNO3/c1-10(14(18)15(19)20)11-5-6-13(12(16)9-11)17-7-3-2-4-8-17/h5-6,9-10H,2-4,7-8H2,1H3,(H,19,20). The summed E-state index contributed by atoms with van der Waals surface area (Å²) in [7, 11) is 0. The molecule has 2 rings (SSSR count). The smallest absolute Gasteiger partial charge is 0.372 e. The van der Waals surface area contributed by atoms with Gasteiger partial charge in [0.05, 0.1) is 16.6 Å². The molecule has 0 bridgehead atoms. The zero-order valence-corrected chi connectivity index (χ0v) is 12.2. The van der Waals surface area contributed by atoms with Crippen LogP contribution in [0.25, 0.3) is 0 Å². The Morgan fingerprint density at radius 3 is 2.45 bits per heavy atom. The van der Waals surface area contributed by atoms with Crippen LogP contribution < -0.4 is 4.90 Å². The lowest BCUT2D eigenvalue weighted by molar-refractivity contribution is -0.149. The summed E-state index contributed by atoms with van der Waals surface area (Å²) in [6.45, 7) is 3.56. The van der Waals surface area contributed by atoms with Crippen LogP contribution in [0.15, 0.2) is 18.2 Å². The number of carboxylic acid groups (broad SMARTS) is 1. The van der Waals surface area contributed by atoms with Gasteiger partial charge in [-0.15, -0.1) is 0 Å². The quantitative estimate of drug-likeness (QED) is 0.867. The van der Waals surface area contributed by atoms with Gasteiger partial charge >= 0.3 is 5.97 Å². The molecule has 1 aromatic rings. The number of carbonyl (C=O) groups excluding carboxylic acids is 1. The molecule has 0 aliphatic carbocycles. The van der Waals surface area contributed by atoms with Crippen molar-refractivity contribution in [1.29, 1.82) is 0 Å². The fraction of sp³-hybridized carbons (Fsp3) is 0.467. The van der Waals surface area contributed by atoms with Gasteiger partial charge in [-0.05, 0) is 37.0 Å². The Kier molecular flexibility index (Phi) is 4.65. The van der Waals surface area contributed by atoms with E-state index in [0.717, 1.165) is 31.6 Å². The Labute approximate surface area is 123 Å². The molecule has 1 fully saturated rings. The first kappa shape index (κ1) is 14.9. The minimum atomic E-state index is -1.41. The average Bonchev–Trinajstić information content (AvgIpc) is 2.46. The van der Waals surface area contributed by atoms with E-state index in [1.54, 1.807) is 19.1 Å². The first-order valence-corrected chi connectivity index (χ1v) is 7.20. The van der Waals surface area contributed by atoms with E-state index in [1.165, 1.54) is 6.42 Å². The van der Waals surface area contributed by atoms with Crippen LogP contribution in [0.3, 0.4) is 0 Å². The van der Waals surface area contributed by atoms with Gasteiger partial charge < -0.3 is 10.0 Å². The third-order valence-corrected chi connectivity index (χ3v) is 4.08. The number of Topliss-reactive ketones (excluding diaryl/α,β-unsaturated/α-hetero) is 1. The van der Waals surface area contributed by atoms with Crippen molar-refractivity contribution in [2.75, 3.05) is 18.0 Å². The number of ketones is 1. The number of halogens is 1. The molecule has 0 spiro atoms. The Bertz CT molecular complexity index is 524. The number of rotatable bonds is 4. The Morgan fingerprint density at radius 2 is 1.90 bits per heavy atom. The summed E-state index contributed by atoms with van der Waals surface area (Å²) in [5, 5.41) is 9.33. The first-order chi connectivity index (χ1) is 9.50. The summed E-state index contributed by atoms with van der Waals surface area (Å²) in [5.74, 6) is -2.90. The van der Waals surface area contributed by atoms with Crippen LogP contribution in [0.1, 0.15) is 37.7 Å². The molecule has 0 saturated carbocycles. The second kappa shape index (κ2) is 6.27. The molecule has 108 valence electrons. The molecule has 4 nitrogen and oxygen atoms in total. The minimum Gasteiger partial charge on any atom is -0.475 e. The van der Waals surface area contributed by atoms with E-state index in [1.807, 2.05) is 6.07 Å². The molecule has 0 radical (unpaired) electrons. The molecule has 1 atom stereocenters. The summed E-state index contributed by atoms with van der Waals surface area (Å²) < 4.78 is 0. The molecule has 1 N–H and O–H groups in total. The van der Waals surface area contributed by atoms with Crippen LogP contribution in [-0.4, -0.2) is 29.9 Å². The number of benzene rings is 1. The maximum absolute atomic E-state index is 11.5. The summed E-state index contributed by atoms with van der Waals surface area (Å²) >= 11 is 6.29. The molecule has 5 heteroatoms. The highest BCUT2D eigenvalue weighted by molar-refractivity contribution is 6.35. The number of nitrogens with zero attached hydrogens (tertiary/aromatic N) is 1. The normalized spacial score (nSPS) is 16.8. The van der Waals surface area contributed by atoms with E-state index >= 15 is 0 Å². The lowest BCUT2D eigenvalue weighted by Crippen LogP contribution is -2.29. The zero-order valence-electron chi connectivity index (χ0n) is 11.4. The van der Waals surface area contributed by atoms with Crippen molar-refractivity contribution in [2.45, 2.75) is 32.1 Å². The van der Waals surface area contributed by atoms with Crippen LogP contribution in [0.5, 0.6) is 0 Å². The van der Waals surface area contributed by atoms with E-state index in [9.17, 15) is 9.59 Å². The predicted molar refractivity (Wildman–Crippen MR) is 78.6 cm³/mol.